The third-order valence-corrected chi connectivity index (χ3v) is 2.39. The Balaban J connectivity index is 2.22. The number of ether oxygens (including phenoxy) is 3. The maximum atomic E-state index is 10.7. The summed E-state index contributed by atoms with van der Waals surface area (Å²) in [4.78, 5) is 18.7. The van der Waals surface area contributed by atoms with E-state index in [0.717, 1.165) is 0 Å². The van der Waals surface area contributed by atoms with Gasteiger partial charge in [-0.1, -0.05) is 0 Å². The van der Waals surface area contributed by atoms with Crippen LogP contribution in [-0.2, 0) is 0 Å². The lowest BCUT2D eigenvalue weighted by molar-refractivity contribution is 0.0697. The first-order valence-corrected chi connectivity index (χ1v) is 5.60. The molecule has 1 aromatic heterocycles. The zero-order chi connectivity index (χ0) is 14.5. The number of hydrogen-bond donors (Lipinski definition) is 1. The molecule has 1 heterocycles. The average molecular weight is 276 g/mol. The van der Waals surface area contributed by atoms with Crippen LogP contribution < -0.4 is 14.2 Å². The van der Waals surface area contributed by atoms with Crippen molar-refractivity contribution in [2.24, 2.45) is 0 Å². The summed E-state index contributed by atoms with van der Waals surface area (Å²) in [5.41, 5.74) is 0.168. The van der Waals surface area contributed by atoms with E-state index in [1.807, 2.05) is 0 Å². The minimum absolute atomic E-state index is 0.0456. The highest BCUT2D eigenvalue weighted by molar-refractivity contribution is 5.87. The molecule has 0 spiro atoms. The van der Waals surface area contributed by atoms with E-state index >= 15 is 0 Å². The molecule has 20 heavy (non-hydrogen) atoms. The van der Waals surface area contributed by atoms with Crippen LogP contribution in [0.1, 0.15) is 10.4 Å². The number of methoxy groups -OCH3 is 2. The fourth-order valence-electron chi connectivity index (χ4n) is 1.41. The fourth-order valence-corrected chi connectivity index (χ4v) is 1.41. The van der Waals surface area contributed by atoms with Crippen molar-refractivity contribution in [1.29, 1.82) is 0 Å². The van der Waals surface area contributed by atoms with E-state index in [1.165, 1.54) is 44.6 Å². The molecule has 0 aliphatic carbocycles. The Hall–Kier alpha value is -2.83. The van der Waals surface area contributed by atoms with Crippen LogP contribution in [0.4, 0.5) is 0 Å². The van der Waals surface area contributed by atoms with E-state index in [2.05, 4.69) is 9.97 Å². The van der Waals surface area contributed by atoms with Crippen LogP contribution in [0.5, 0.6) is 23.5 Å². The molecule has 1 aromatic carbocycles. The average Bonchev–Trinajstić information content (AvgIpc) is 2.47. The third kappa shape index (κ3) is 3.14. The van der Waals surface area contributed by atoms with Crippen LogP contribution in [0.2, 0.25) is 0 Å². The van der Waals surface area contributed by atoms with Gasteiger partial charge in [0.2, 0.25) is 11.8 Å². The lowest BCUT2D eigenvalue weighted by atomic mass is 10.2. The Morgan fingerprint density at radius 3 is 2.05 bits per heavy atom. The molecule has 2 aromatic rings. The number of carbonyl (C=O) groups is 1. The van der Waals surface area contributed by atoms with E-state index in [1.54, 1.807) is 0 Å². The van der Waals surface area contributed by atoms with Gasteiger partial charge in [0.15, 0.2) is 0 Å². The maximum Gasteiger partial charge on any atom is 0.335 e. The Bertz CT molecular complexity index is 590. The standard InChI is InChI=1S/C13H12N2O5/c1-18-10-7-11(19-2)15-13(14-10)20-9-5-3-8(4-6-9)12(16)17/h3-7H,1-2H3,(H,16,17). The minimum Gasteiger partial charge on any atom is -0.481 e. The maximum absolute atomic E-state index is 10.7. The van der Waals surface area contributed by atoms with Crippen molar-refractivity contribution in [3.8, 4) is 23.5 Å². The lowest BCUT2D eigenvalue weighted by Gasteiger charge is -2.07. The summed E-state index contributed by atoms with van der Waals surface area (Å²) in [6.45, 7) is 0. The highest BCUT2D eigenvalue weighted by atomic mass is 16.5. The molecule has 7 nitrogen and oxygen atoms in total. The molecular formula is C13H12N2O5. The first-order valence-electron chi connectivity index (χ1n) is 5.60. The zero-order valence-electron chi connectivity index (χ0n) is 10.9. The molecule has 7 heteroatoms. The van der Waals surface area contributed by atoms with E-state index in [-0.39, 0.29) is 11.6 Å². The van der Waals surface area contributed by atoms with Gasteiger partial charge in [0.1, 0.15) is 5.75 Å². The Morgan fingerprint density at radius 2 is 1.60 bits per heavy atom. The Labute approximate surface area is 114 Å². The van der Waals surface area contributed by atoms with Gasteiger partial charge >= 0.3 is 12.0 Å². The van der Waals surface area contributed by atoms with E-state index < -0.39 is 5.97 Å². The SMILES string of the molecule is COc1cc(OC)nc(Oc2ccc(C(=O)O)cc2)n1. The molecule has 0 aliphatic heterocycles. The monoisotopic (exact) mass is 276 g/mol. The zero-order valence-corrected chi connectivity index (χ0v) is 10.9. The molecule has 0 saturated heterocycles. The van der Waals surface area contributed by atoms with Crippen molar-refractivity contribution in [1.82, 2.24) is 9.97 Å². The summed E-state index contributed by atoms with van der Waals surface area (Å²) in [6.07, 6.45) is 0. The van der Waals surface area contributed by atoms with Crippen molar-refractivity contribution < 1.29 is 24.1 Å². The highest BCUT2D eigenvalue weighted by Crippen LogP contribution is 2.23. The van der Waals surface area contributed by atoms with Gasteiger partial charge in [-0.2, -0.15) is 9.97 Å². The second-order valence-corrected chi connectivity index (χ2v) is 3.67. The summed E-state index contributed by atoms with van der Waals surface area (Å²) in [5, 5.41) is 8.80. The van der Waals surface area contributed by atoms with Crippen molar-refractivity contribution in [3.63, 3.8) is 0 Å². The quantitative estimate of drug-likeness (QED) is 0.892. The molecule has 0 radical (unpaired) electrons. The normalized spacial score (nSPS) is 9.90. The molecule has 1 N–H and O–H groups in total. The first kappa shape index (κ1) is 13.6. The summed E-state index contributed by atoms with van der Waals surface area (Å²) in [6, 6.07) is 7.44. The third-order valence-electron chi connectivity index (χ3n) is 2.39. The van der Waals surface area contributed by atoms with Crippen LogP contribution in [0.15, 0.2) is 30.3 Å². The van der Waals surface area contributed by atoms with Gasteiger partial charge in [0, 0.05) is 0 Å². The largest absolute Gasteiger partial charge is 0.481 e. The molecule has 2 rings (SSSR count). The molecule has 0 unspecified atom stereocenters. The summed E-state index contributed by atoms with van der Waals surface area (Å²) in [5.74, 6) is 0.00386. The molecule has 0 atom stereocenters. The van der Waals surface area contributed by atoms with E-state index in [9.17, 15) is 4.79 Å². The van der Waals surface area contributed by atoms with Crippen LogP contribution in [0, 0.1) is 0 Å². The number of nitrogens with zero attached hydrogens (tertiary/aromatic N) is 2. The van der Waals surface area contributed by atoms with Crippen LogP contribution in [-0.4, -0.2) is 35.3 Å². The van der Waals surface area contributed by atoms with Gasteiger partial charge in [-0.15, -0.1) is 0 Å². The number of carboxylic acid groups (broad SMARTS) is 1. The van der Waals surface area contributed by atoms with Crippen LogP contribution in [0.3, 0.4) is 0 Å². The van der Waals surface area contributed by atoms with Crippen molar-refractivity contribution >= 4 is 5.97 Å². The number of aromatic carboxylic acids is 1. The summed E-state index contributed by atoms with van der Waals surface area (Å²) < 4.78 is 15.4. The van der Waals surface area contributed by atoms with Gasteiger partial charge in [-0.05, 0) is 24.3 Å². The number of carboxylic acids is 1. The topological polar surface area (TPSA) is 90.8 Å². The van der Waals surface area contributed by atoms with E-state index in [0.29, 0.717) is 17.5 Å². The highest BCUT2D eigenvalue weighted by Gasteiger charge is 2.08. The van der Waals surface area contributed by atoms with Crippen molar-refractivity contribution in [3.05, 3.63) is 35.9 Å². The first-order chi connectivity index (χ1) is 9.62. The molecule has 0 bridgehead atoms. The number of aromatic nitrogens is 2. The van der Waals surface area contributed by atoms with E-state index in [4.69, 9.17) is 19.3 Å². The number of benzene rings is 1. The Kier molecular flexibility index (Phi) is 3.99. The van der Waals surface area contributed by atoms with Gasteiger partial charge < -0.3 is 19.3 Å². The predicted molar refractivity (Wildman–Crippen MR) is 68.6 cm³/mol. The lowest BCUT2D eigenvalue weighted by Crippen LogP contribution is -1.99. The Morgan fingerprint density at radius 1 is 1.05 bits per heavy atom. The van der Waals surface area contributed by atoms with Gasteiger partial charge in [0.05, 0.1) is 25.8 Å². The van der Waals surface area contributed by atoms with Crippen LogP contribution >= 0.6 is 0 Å². The second kappa shape index (κ2) is 5.87. The minimum atomic E-state index is -1.00. The van der Waals surface area contributed by atoms with Crippen molar-refractivity contribution in [2.75, 3.05) is 14.2 Å². The molecule has 0 fully saturated rings. The summed E-state index contributed by atoms with van der Waals surface area (Å²) in [7, 11) is 2.93. The van der Waals surface area contributed by atoms with Crippen molar-refractivity contribution in [2.45, 2.75) is 0 Å². The molecule has 104 valence electrons. The van der Waals surface area contributed by atoms with Gasteiger partial charge in [0.25, 0.3) is 0 Å². The number of rotatable bonds is 5. The van der Waals surface area contributed by atoms with Gasteiger partial charge in [-0.25, -0.2) is 4.79 Å². The number of hydrogen-bond acceptors (Lipinski definition) is 6. The van der Waals surface area contributed by atoms with Crippen LogP contribution in [0.25, 0.3) is 0 Å². The van der Waals surface area contributed by atoms with Gasteiger partial charge in [-0.3, -0.25) is 0 Å². The smallest absolute Gasteiger partial charge is 0.335 e. The second-order valence-electron chi connectivity index (χ2n) is 3.67. The predicted octanol–water partition coefficient (Wildman–Crippen LogP) is 1.98. The fraction of sp³-hybridized carbons (Fsp3) is 0.154. The molecular weight excluding hydrogens is 264 g/mol. The summed E-state index contributed by atoms with van der Waals surface area (Å²) >= 11 is 0. The molecule has 0 amide bonds. The molecule has 0 saturated carbocycles. The molecule has 0 aliphatic rings.